The van der Waals surface area contributed by atoms with Crippen molar-refractivity contribution in [2.45, 2.75) is 6.04 Å². The summed E-state index contributed by atoms with van der Waals surface area (Å²) in [6.07, 6.45) is 0. The molecule has 8 nitrogen and oxygen atoms in total. The van der Waals surface area contributed by atoms with E-state index < -0.39 is 12.0 Å². The largest absolute Gasteiger partial charge is 0.493 e. The summed E-state index contributed by atoms with van der Waals surface area (Å²) in [6, 6.07) is 17.9. The van der Waals surface area contributed by atoms with Crippen LogP contribution < -0.4 is 24.8 Å². The summed E-state index contributed by atoms with van der Waals surface area (Å²) < 4.78 is 21.7. The summed E-state index contributed by atoms with van der Waals surface area (Å²) in [6.45, 7) is -0.0111. The fourth-order valence-electron chi connectivity index (χ4n) is 3.60. The van der Waals surface area contributed by atoms with Gasteiger partial charge in [-0.1, -0.05) is 46.3 Å². The number of ether oxygens (including phenoxy) is 4. The van der Waals surface area contributed by atoms with Gasteiger partial charge in [0.2, 0.25) is 5.75 Å². The molecule has 184 valence electrons. The van der Waals surface area contributed by atoms with E-state index in [1.54, 1.807) is 18.2 Å². The van der Waals surface area contributed by atoms with Crippen LogP contribution in [0.15, 0.2) is 65.1 Å². The molecule has 3 aromatic rings. The minimum atomic E-state index is -0.400. The molecule has 0 fully saturated rings. The number of methoxy groups -OCH3 is 4. The average molecular weight is 543 g/mol. The van der Waals surface area contributed by atoms with Crippen LogP contribution in [0, 0.1) is 0 Å². The van der Waals surface area contributed by atoms with Gasteiger partial charge in [-0.2, -0.15) is 0 Å². The molecule has 0 unspecified atom stereocenters. The van der Waals surface area contributed by atoms with Crippen molar-refractivity contribution < 1.29 is 28.5 Å². The lowest BCUT2D eigenvalue weighted by Gasteiger charge is -2.23. The van der Waals surface area contributed by atoms with E-state index in [9.17, 15) is 9.59 Å². The van der Waals surface area contributed by atoms with Gasteiger partial charge in [-0.25, -0.2) is 0 Å². The zero-order chi connectivity index (χ0) is 25.4. The second kappa shape index (κ2) is 12.2. The monoisotopic (exact) mass is 542 g/mol. The topological polar surface area (TPSA) is 95.1 Å². The van der Waals surface area contributed by atoms with E-state index in [1.165, 1.54) is 28.4 Å². The molecule has 0 aliphatic rings. The first-order chi connectivity index (χ1) is 16.9. The summed E-state index contributed by atoms with van der Waals surface area (Å²) in [5.41, 5.74) is 2.57. The maximum atomic E-state index is 13.3. The smallest absolute Gasteiger partial charge is 0.319 e. The van der Waals surface area contributed by atoms with Crippen LogP contribution >= 0.6 is 15.9 Å². The van der Waals surface area contributed by atoms with Crippen LogP contribution in [-0.4, -0.2) is 46.9 Å². The Morgan fingerprint density at radius 3 is 2.11 bits per heavy atom. The van der Waals surface area contributed by atoms with Crippen LogP contribution in [-0.2, 0) is 9.53 Å². The van der Waals surface area contributed by atoms with E-state index in [-0.39, 0.29) is 12.5 Å². The molecule has 3 rings (SSSR count). The molecule has 0 aliphatic heterocycles. The Morgan fingerprint density at radius 2 is 1.54 bits per heavy atom. The molecule has 0 bridgehead atoms. The van der Waals surface area contributed by atoms with Crippen LogP contribution in [0.3, 0.4) is 0 Å². The molecule has 0 radical (unpaired) electrons. The third-order valence-electron chi connectivity index (χ3n) is 5.31. The number of hydrogen-bond acceptors (Lipinski definition) is 7. The van der Waals surface area contributed by atoms with Crippen LogP contribution in [0.5, 0.6) is 17.2 Å². The van der Waals surface area contributed by atoms with Crippen LogP contribution in [0.2, 0.25) is 0 Å². The second-order valence-electron chi connectivity index (χ2n) is 7.40. The van der Waals surface area contributed by atoms with Crippen LogP contribution in [0.4, 0.5) is 5.69 Å². The predicted octanol–water partition coefficient (Wildman–Crippen LogP) is 4.58. The minimum Gasteiger partial charge on any atom is -0.493 e. The van der Waals surface area contributed by atoms with Crippen molar-refractivity contribution in [2.24, 2.45) is 0 Å². The van der Waals surface area contributed by atoms with Gasteiger partial charge in [-0.05, 0) is 41.5 Å². The van der Waals surface area contributed by atoms with Gasteiger partial charge in [-0.3, -0.25) is 14.9 Å². The molecule has 9 heteroatoms. The highest BCUT2D eigenvalue weighted by molar-refractivity contribution is 9.10. The Bertz CT molecular complexity index is 1160. The van der Waals surface area contributed by atoms with Crippen molar-refractivity contribution in [2.75, 3.05) is 40.3 Å². The van der Waals surface area contributed by atoms with E-state index >= 15 is 0 Å². The number of carbonyl (C=O) groups excluding carboxylic acids is 2. The molecular weight excluding hydrogens is 516 g/mol. The third kappa shape index (κ3) is 6.32. The molecular formula is C26H27BrN2O6. The van der Waals surface area contributed by atoms with Gasteiger partial charge in [0.05, 0.1) is 41.0 Å². The lowest BCUT2D eigenvalue weighted by atomic mass is 9.96. The second-order valence-corrected chi connectivity index (χ2v) is 8.32. The normalized spacial score (nSPS) is 11.3. The molecule has 3 aromatic carbocycles. The summed E-state index contributed by atoms with van der Waals surface area (Å²) >= 11 is 3.52. The molecule has 0 heterocycles. The summed E-state index contributed by atoms with van der Waals surface area (Å²) in [7, 11) is 5.81. The molecule has 1 amide bonds. The summed E-state index contributed by atoms with van der Waals surface area (Å²) in [5.74, 6) is 0.369. The van der Waals surface area contributed by atoms with Crippen molar-refractivity contribution in [1.29, 1.82) is 0 Å². The maximum absolute atomic E-state index is 13.3. The number of amides is 1. The third-order valence-corrected chi connectivity index (χ3v) is 5.80. The Kier molecular flexibility index (Phi) is 9.11. The van der Waals surface area contributed by atoms with Crippen molar-refractivity contribution in [3.05, 3.63) is 81.8 Å². The number of carbonyl (C=O) groups is 2. The van der Waals surface area contributed by atoms with Gasteiger partial charge in [0.15, 0.2) is 11.5 Å². The van der Waals surface area contributed by atoms with Crippen molar-refractivity contribution in [1.82, 2.24) is 5.32 Å². The number of anilines is 1. The lowest BCUT2D eigenvalue weighted by molar-refractivity contribution is -0.139. The molecule has 0 aliphatic carbocycles. The van der Waals surface area contributed by atoms with Crippen molar-refractivity contribution >= 4 is 33.5 Å². The number of nitrogens with one attached hydrogen (secondary N) is 2. The van der Waals surface area contributed by atoms with E-state index in [0.29, 0.717) is 28.5 Å². The fraction of sp³-hybridized carbons (Fsp3) is 0.231. The summed E-state index contributed by atoms with van der Waals surface area (Å²) in [5, 5.41) is 6.21. The van der Waals surface area contributed by atoms with E-state index in [1.807, 2.05) is 42.5 Å². The molecule has 0 saturated carbocycles. The lowest BCUT2D eigenvalue weighted by Crippen LogP contribution is -2.30. The van der Waals surface area contributed by atoms with Gasteiger partial charge in [0.1, 0.15) is 0 Å². The SMILES string of the molecule is COC(=O)CN[C@H](c1ccccc1)c1cc(Br)ccc1NC(=O)c1cc(OC)c(OC)c(OC)c1. The number of benzene rings is 3. The van der Waals surface area contributed by atoms with Gasteiger partial charge in [-0.15, -0.1) is 0 Å². The molecule has 1 atom stereocenters. The maximum Gasteiger partial charge on any atom is 0.319 e. The number of rotatable bonds is 10. The zero-order valence-electron chi connectivity index (χ0n) is 19.9. The first kappa shape index (κ1) is 26.1. The Hall–Kier alpha value is -3.56. The first-order valence-corrected chi connectivity index (χ1v) is 11.5. The number of halogens is 1. The number of esters is 1. The summed E-state index contributed by atoms with van der Waals surface area (Å²) in [4.78, 5) is 25.2. The van der Waals surface area contributed by atoms with E-state index in [2.05, 4.69) is 26.6 Å². The fourth-order valence-corrected chi connectivity index (χ4v) is 3.98. The highest BCUT2D eigenvalue weighted by atomic mass is 79.9. The van der Waals surface area contributed by atoms with E-state index in [4.69, 9.17) is 18.9 Å². The Morgan fingerprint density at radius 1 is 0.886 bits per heavy atom. The van der Waals surface area contributed by atoms with Gasteiger partial charge < -0.3 is 24.3 Å². The minimum absolute atomic E-state index is 0.0111. The standard InChI is InChI=1S/C26H27BrN2O6/c1-32-21-12-17(13-22(33-2)25(21)35-4)26(31)29-20-11-10-18(27)14-19(20)24(28-15-23(30)34-3)16-8-6-5-7-9-16/h5-14,24,28H,15H2,1-4H3,(H,29,31)/t24-/m1/s1. The highest BCUT2D eigenvalue weighted by Gasteiger charge is 2.22. The molecule has 0 spiro atoms. The number of hydrogen-bond donors (Lipinski definition) is 2. The van der Waals surface area contributed by atoms with Crippen LogP contribution in [0.1, 0.15) is 27.5 Å². The molecule has 2 N–H and O–H groups in total. The van der Waals surface area contributed by atoms with Crippen LogP contribution in [0.25, 0.3) is 0 Å². The molecule has 0 aromatic heterocycles. The highest BCUT2D eigenvalue weighted by Crippen LogP contribution is 2.39. The molecule has 35 heavy (non-hydrogen) atoms. The zero-order valence-corrected chi connectivity index (χ0v) is 21.5. The molecule has 0 saturated heterocycles. The van der Waals surface area contributed by atoms with Crippen molar-refractivity contribution in [3.63, 3.8) is 0 Å². The average Bonchev–Trinajstić information content (AvgIpc) is 2.89. The predicted molar refractivity (Wildman–Crippen MR) is 136 cm³/mol. The van der Waals surface area contributed by atoms with Gasteiger partial charge >= 0.3 is 5.97 Å². The van der Waals surface area contributed by atoms with E-state index in [0.717, 1.165) is 15.6 Å². The van der Waals surface area contributed by atoms with Crippen molar-refractivity contribution in [3.8, 4) is 17.2 Å². The first-order valence-electron chi connectivity index (χ1n) is 10.7. The van der Waals surface area contributed by atoms with Gasteiger partial charge in [0.25, 0.3) is 5.91 Å². The quantitative estimate of drug-likeness (QED) is 0.362. The van der Waals surface area contributed by atoms with Gasteiger partial charge in [0, 0.05) is 15.7 Å². The Labute approximate surface area is 212 Å². The Balaban J connectivity index is 2.01.